The number of rotatable bonds is 2. The summed E-state index contributed by atoms with van der Waals surface area (Å²) in [5, 5.41) is 0. The highest BCUT2D eigenvalue weighted by molar-refractivity contribution is 14.1. The molecule has 0 aliphatic carbocycles. The molecule has 0 bridgehead atoms. The summed E-state index contributed by atoms with van der Waals surface area (Å²) < 4.78 is 5.82. The van der Waals surface area contributed by atoms with Gasteiger partial charge in [-0.3, -0.25) is 4.79 Å². The molecule has 1 heterocycles. The molecule has 0 saturated heterocycles. The number of halogens is 1. The molecule has 0 atom stereocenters. The normalized spacial score (nSPS) is 9.58. The van der Waals surface area contributed by atoms with E-state index in [1.165, 1.54) is 7.11 Å². The smallest absolute Gasteiger partial charge is 0.225 e. The summed E-state index contributed by atoms with van der Waals surface area (Å²) in [4.78, 5) is 14.7. The molecule has 1 aromatic heterocycles. The lowest BCUT2D eigenvalue weighted by Crippen LogP contribution is -1.98. The van der Waals surface area contributed by atoms with E-state index in [0.29, 0.717) is 11.4 Å². The van der Waals surface area contributed by atoms with Gasteiger partial charge in [-0.2, -0.15) is 0 Å². The van der Waals surface area contributed by atoms with Gasteiger partial charge in [-0.15, -0.1) is 0 Å². The lowest BCUT2D eigenvalue weighted by Gasteiger charge is -2.04. The van der Waals surface area contributed by atoms with E-state index in [9.17, 15) is 4.79 Å². The fraction of sp³-hybridized carbons (Fsp3) is 0.250. The topological polar surface area (TPSA) is 39.2 Å². The molecule has 1 rings (SSSR count). The molecule has 4 heteroatoms. The summed E-state index contributed by atoms with van der Waals surface area (Å²) in [6.45, 7) is 1.86. The van der Waals surface area contributed by atoms with Gasteiger partial charge in [-0.25, -0.2) is 4.98 Å². The quantitative estimate of drug-likeness (QED) is 0.611. The maximum Gasteiger partial charge on any atom is 0.225 e. The summed E-state index contributed by atoms with van der Waals surface area (Å²) in [7, 11) is 1.50. The highest BCUT2D eigenvalue weighted by Gasteiger charge is 2.08. The van der Waals surface area contributed by atoms with Crippen LogP contribution in [0, 0.1) is 10.5 Å². The first kappa shape index (κ1) is 9.44. The summed E-state index contributed by atoms with van der Waals surface area (Å²) in [5.74, 6) is 0.398. The van der Waals surface area contributed by atoms with Crippen molar-refractivity contribution in [1.29, 1.82) is 0 Å². The number of hydrogen-bond acceptors (Lipinski definition) is 3. The zero-order valence-corrected chi connectivity index (χ0v) is 8.95. The van der Waals surface area contributed by atoms with Crippen molar-refractivity contribution in [3.05, 3.63) is 20.9 Å². The lowest BCUT2D eigenvalue weighted by atomic mass is 10.2. The Morgan fingerprint density at radius 2 is 2.33 bits per heavy atom. The molecule has 0 fully saturated rings. The van der Waals surface area contributed by atoms with Crippen LogP contribution < -0.4 is 4.74 Å². The van der Waals surface area contributed by atoms with Crippen LogP contribution in [0.5, 0.6) is 5.88 Å². The largest absolute Gasteiger partial charge is 0.480 e. The van der Waals surface area contributed by atoms with Crippen molar-refractivity contribution in [2.24, 2.45) is 0 Å². The molecule has 3 nitrogen and oxygen atoms in total. The molecule has 0 unspecified atom stereocenters. The number of aromatic nitrogens is 1. The minimum atomic E-state index is 0.398. The van der Waals surface area contributed by atoms with Gasteiger partial charge in [0.1, 0.15) is 0 Å². The molecule has 0 aliphatic heterocycles. The van der Waals surface area contributed by atoms with Crippen LogP contribution in [0.15, 0.2) is 6.07 Å². The van der Waals surface area contributed by atoms with Crippen LogP contribution in [0.25, 0.3) is 0 Å². The van der Waals surface area contributed by atoms with E-state index in [4.69, 9.17) is 4.74 Å². The Bertz CT molecular complexity index is 312. The first-order valence-electron chi connectivity index (χ1n) is 3.35. The van der Waals surface area contributed by atoms with Crippen LogP contribution in [0.1, 0.15) is 16.1 Å². The Kier molecular flexibility index (Phi) is 3.02. The van der Waals surface area contributed by atoms with Crippen molar-refractivity contribution >= 4 is 28.9 Å². The number of aldehydes is 1. The zero-order valence-electron chi connectivity index (χ0n) is 6.80. The van der Waals surface area contributed by atoms with Gasteiger partial charge in [0.2, 0.25) is 5.88 Å². The first-order valence-corrected chi connectivity index (χ1v) is 4.43. The third-order valence-electron chi connectivity index (χ3n) is 1.41. The maximum absolute atomic E-state index is 10.6. The minimum Gasteiger partial charge on any atom is -0.480 e. The molecule has 12 heavy (non-hydrogen) atoms. The van der Waals surface area contributed by atoms with Crippen LogP contribution >= 0.6 is 22.6 Å². The van der Waals surface area contributed by atoms with Gasteiger partial charge in [0.05, 0.1) is 12.7 Å². The molecule has 1 aromatic rings. The molecule has 0 radical (unpaired) electrons. The van der Waals surface area contributed by atoms with Gasteiger partial charge in [0, 0.05) is 9.26 Å². The summed E-state index contributed by atoms with van der Waals surface area (Å²) >= 11 is 2.08. The summed E-state index contributed by atoms with van der Waals surface area (Å²) in [6, 6.07) is 1.84. The monoisotopic (exact) mass is 277 g/mol. The van der Waals surface area contributed by atoms with Crippen LogP contribution in [-0.4, -0.2) is 18.4 Å². The van der Waals surface area contributed by atoms with Gasteiger partial charge >= 0.3 is 0 Å². The Balaban J connectivity index is 3.33. The molecule has 0 amide bonds. The molecule has 0 aromatic carbocycles. The van der Waals surface area contributed by atoms with E-state index in [1.54, 1.807) is 0 Å². The predicted octanol–water partition coefficient (Wildman–Crippen LogP) is 1.82. The molecule has 64 valence electrons. The number of methoxy groups -OCH3 is 1. The fourth-order valence-electron chi connectivity index (χ4n) is 0.878. The van der Waals surface area contributed by atoms with Crippen molar-refractivity contribution in [2.75, 3.05) is 7.11 Å². The number of nitrogens with zero attached hydrogens (tertiary/aromatic N) is 1. The molecular formula is C8H8INO2. The second-order valence-corrected chi connectivity index (χ2v) is 3.45. The maximum atomic E-state index is 10.6. The average molecular weight is 277 g/mol. The van der Waals surface area contributed by atoms with Gasteiger partial charge in [-0.05, 0) is 35.6 Å². The number of hydrogen-bond donors (Lipinski definition) is 0. The van der Waals surface area contributed by atoms with E-state index in [2.05, 4.69) is 27.6 Å². The van der Waals surface area contributed by atoms with Crippen molar-refractivity contribution in [1.82, 2.24) is 4.98 Å². The molecular weight excluding hydrogens is 269 g/mol. The lowest BCUT2D eigenvalue weighted by molar-refractivity contribution is 0.111. The number of carbonyl (C=O) groups excluding carboxylic acids is 1. The van der Waals surface area contributed by atoms with Gasteiger partial charge in [0.15, 0.2) is 6.29 Å². The van der Waals surface area contributed by atoms with Crippen LogP contribution in [-0.2, 0) is 0 Å². The molecule has 0 spiro atoms. The Morgan fingerprint density at radius 1 is 1.67 bits per heavy atom. The van der Waals surface area contributed by atoms with Gasteiger partial charge < -0.3 is 4.74 Å². The number of pyridine rings is 1. The first-order chi connectivity index (χ1) is 5.69. The van der Waals surface area contributed by atoms with Crippen molar-refractivity contribution in [3.8, 4) is 5.88 Å². The van der Waals surface area contributed by atoms with Crippen LogP contribution in [0.4, 0.5) is 0 Å². The Hall–Kier alpha value is -0.650. The highest BCUT2D eigenvalue weighted by atomic mass is 127. The molecule has 0 saturated carbocycles. The van der Waals surface area contributed by atoms with Crippen molar-refractivity contribution in [3.63, 3.8) is 0 Å². The standard InChI is InChI=1S/C8H8INO2/c1-5-3-7(9)6(4-11)8(10-5)12-2/h3-4H,1-2H3. The average Bonchev–Trinajstić information content (AvgIpc) is 2.03. The second-order valence-electron chi connectivity index (χ2n) is 2.29. The minimum absolute atomic E-state index is 0.398. The number of ether oxygens (including phenoxy) is 1. The van der Waals surface area contributed by atoms with E-state index >= 15 is 0 Å². The second kappa shape index (κ2) is 3.84. The SMILES string of the molecule is COc1nc(C)cc(I)c1C=O. The zero-order chi connectivity index (χ0) is 9.14. The highest BCUT2D eigenvalue weighted by Crippen LogP contribution is 2.20. The summed E-state index contributed by atoms with van der Waals surface area (Å²) in [6.07, 6.45) is 0.757. The molecule has 0 aliphatic rings. The van der Waals surface area contributed by atoms with Crippen LogP contribution in [0.2, 0.25) is 0 Å². The van der Waals surface area contributed by atoms with Gasteiger partial charge in [-0.1, -0.05) is 0 Å². The Labute approximate surface area is 84.3 Å². The van der Waals surface area contributed by atoms with E-state index in [-0.39, 0.29) is 0 Å². The summed E-state index contributed by atoms with van der Waals surface area (Å²) in [5.41, 5.74) is 1.37. The van der Waals surface area contributed by atoms with E-state index in [1.807, 2.05) is 13.0 Å². The van der Waals surface area contributed by atoms with Crippen LogP contribution in [0.3, 0.4) is 0 Å². The van der Waals surface area contributed by atoms with Crippen molar-refractivity contribution in [2.45, 2.75) is 6.92 Å². The fourth-order valence-corrected chi connectivity index (χ4v) is 1.69. The van der Waals surface area contributed by atoms with E-state index < -0.39 is 0 Å². The number of carbonyl (C=O) groups is 1. The van der Waals surface area contributed by atoms with Crippen molar-refractivity contribution < 1.29 is 9.53 Å². The van der Waals surface area contributed by atoms with E-state index in [0.717, 1.165) is 15.6 Å². The number of aryl methyl sites for hydroxylation is 1. The third-order valence-corrected chi connectivity index (χ3v) is 2.30. The Morgan fingerprint density at radius 3 is 2.83 bits per heavy atom. The predicted molar refractivity (Wildman–Crippen MR) is 53.6 cm³/mol. The van der Waals surface area contributed by atoms with Gasteiger partial charge in [0.25, 0.3) is 0 Å². The molecule has 0 N–H and O–H groups in total. The third kappa shape index (κ3) is 1.74.